The van der Waals surface area contributed by atoms with Gasteiger partial charge in [-0.25, -0.2) is 4.98 Å². The Hall–Kier alpha value is -0.840. The summed E-state index contributed by atoms with van der Waals surface area (Å²) in [7, 11) is 0. The van der Waals surface area contributed by atoms with E-state index in [1.54, 1.807) is 18.3 Å². The Morgan fingerprint density at radius 3 is 3.06 bits per heavy atom. The SMILES string of the molecule is Clc1cccnc1OC1COC2(CCNCC2)C1. The maximum absolute atomic E-state index is 6.04. The second-order valence-corrected chi connectivity index (χ2v) is 5.39. The number of hydrogen-bond donors (Lipinski definition) is 1. The molecule has 0 amide bonds. The molecule has 98 valence electrons. The van der Waals surface area contributed by atoms with Crippen LogP contribution in [0.1, 0.15) is 19.3 Å². The molecular weight excluding hydrogens is 252 g/mol. The van der Waals surface area contributed by atoms with E-state index in [9.17, 15) is 0 Å². The molecule has 1 spiro atoms. The van der Waals surface area contributed by atoms with Gasteiger partial charge in [0.2, 0.25) is 5.88 Å². The average Bonchev–Trinajstić information content (AvgIpc) is 2.76. The summed E-state index contributed by atoms with van der Waals surface area (Å²) < 4.78 is 11.8. The van der Waals surface area contributed by atoms with E-state index < -0.39 is 0 Å². The zero-order chi connectivity index (χ0) is 12.4. The first-order chi connectivity index (χ1) is 8.77. The largest absolute Gasteiger partial charge is 0.471 e. The molecule has 1 aromatic heterocycles. The number of ether oxygens (including phenoxy) is 2. The molecule has 2 fully saturated rings. The predicted molar refractivity (Wildman–Crippen MR) is 69.1 cm³/mol. The highest BCUT2D eigenvalue weighted by Gasteiger charge is 2.42. The molecule has 0 radical (unpaired) electrons. The van der Waals surface area contributed by atoms with Crippen LogP contribution in [0.25, 0.3) is 0 Å². The fourth-order valence-corrected chi connectivity index (χ4v) is 2.89. The lowest BCUT2D eigenvalue weighted by atomic mass is 9.89. The zero-order valence-corrected chi connectivity index (χ0v) is 10.9. The van der Waals surface area contributed by atoms with E-state index in [-0.39, 0.29) is 11.7 Å². The minimum absolute atomic E-state index is 0.0111. The first-order valence-corrected chi connectivity index (χ1v) is 6.77. The molecule has 2 saturated heterocycles. The van der Waals surface area contributed by atoms with Gasteiger partial charge in [0.05, 0.1) is 12.2 Å². The lowest BCUT2D eigenvalue weighted by Gasteiger charge is -2.32. The molecule has 0 aliphatic carbocycles. The normalized spacial score (nSPS) is 26.4. The van der Waals surface area contributed by atoms with Gasteiger partial charge in [-0.1, -0.05) is 11.6 Å². The van der Waals surface area contributed by atoms with Crippen molar-refractivity contribution in [3.8, 4) is 5.88 Å². The number of rotatable bonds is 2. The Morgan fingerprint density at radius 2 is 2.28 bits per heavy atom. The maximum atomic E-state index is 6.04. The van der Waals surface area contributed by atoms with Crippen LogP contribution in [0.15, 0.2) is 18.3 Å². The van der Waals surface area contributed by atoms with Crippen molar-refractivity contribution in [2.45, 2.75) is 31.0 Å². The van der Waals surface area contributed by atoms with Gasteiger partial charge < -0.3 is 14.8 Å². The molecular formula is C13H17ClN2O2. The van der Waals surface area contributed by atoms with Crippen LogP contribution in [0.4, 0.5) is 0 Å². The first-order valence-electron chi connectivity index (χ1n) is 6.39. The lowest BCUT2D eigenvalue weighted by Crippen LogP contribution is -2.41. The summed E-state index contributed by atoms with van der Waals surface area (Å²) in [4.78, 5) is 4.15. The summed E-state index contributed by atoms with van der Waals surface area (Å²) in [6.45, 7) is 2.68. The molecule has 4 nitrogen and oxygen atoms in total. The van der Waals surface area contributed by atoms with Gasteiger partial charge in [-0.15, -0.1) is 0 Å². The van der Waals surface area contributed by atoms with Crippen LogP contribution >= 0.6 is 11.6 Å². The summed E-state index contributed by atoms with van der Waals surface area (Å²) in [6.07, 6.45) is 4.81. The van der Waals surface area contributed by atoms with E-state index >= 15 is 0 Å². The molecule has 1 unspecified atom stereocenters. The van der Waals surface area contributed by atoms with Crippen molar-refractivity contribution >= 4 is 11.6 Å². The Bertz CT molecular complexity index is 421. The van der Waals surface area contributed by atoms with E-state index in [0.29, 0.717) is 17.5 Å². The number of nitrogens with one attached hydrogen (secondary N) is 1. The van der Waals surface area contributed by atoms with Gasteiger partial charge in [-0.05, 0) is 38.1 Å². The Labute approximate surface area is 112 Å². The molecule has 2 aliphatic rings. The molecule has 0 saturated carbocycles. The Balaban J connectivity index is 1.64. The quantitative estimate of drug-likeness (QED) is 0.891. The fourth-order valence-electron chi connectivity index (χ4n) is 2.72. The molecule has 1 aromatic rings. The van der Waals surface area contributed by atoms with Crippen LogP contribution in [0.5, 0.6) is 5.88 Å². The van der Waals surface area contributed by atoms with E-state index in [2.05, 4.69) is 10.3 Å². The monoisotopic (exact) mass is 268 g/mol. The highest BCUT2D eigenvalue weighted by Crippen LogP contribution is 2.36. The summed E-state index contributed by atoms with van der Waals surface area (Å²) in [5, 5.41) is 3.91. The third-order valence-corrected chi connectivity index (χ3v) is 3.98. The highest BCUT2D eigenvalue weighted by atomic mass is 35.5. The van der Waals surface area contributed by atoms with Gasteiger partial charge in [0.15, 0.2) is 0 Å². The van der Waals surface area contributed by atoms with Gasteiger partial charge in [0.1, 0.15) is 11.1 Å². The topological polar surface area (TPSA) is 43.4 Å². The molecule has 1 N–H and O–H groups in total. The minimum Gasteiger partial charge on any atom is -0.471 e. The summed E-state index contributed by atoms with van der Waals surface area (Å²) >= 11 is 6.04. The summed E-state index contributed by atoms with van der Waals surface area (Å²) in [6, 6.07) is 3.59. The molecule has 1 atom stereocenters. The predicted octanol–water partition coefficient (Wildman–Crippen LogP) is 2.02. The van der Waals surface area contributed by atoms with Crippen LogP contribution in [0.2, 0.25) is 5.02 Å². The standard InChI is InChI=1S/C13H17ClN2O2/c14-11-2-1-5-16-12(11)18-10-8-13(17-9-10)3-6-15-7-4-13/h1-2,5,10,15H,3-4,6-9H2. The molecule has 2 aliphatic heterocycles. The van der Waals surface area contributed by atoms with Crippen molar-refractivity contribution in [1.29, 1.82) is 0 Å². The molecule has 5 heteroatoms. The van der Waals surface area contributed by atoms with Gasteiger partial charge >= 0.3 is 0 Å². The molecule has 0 aromatic carbocycles. The van der Waals surface area contributed by atoms with E-state index in [1.165, 1.54) is 0 Å². The molecule has 0 bridgehead atoms. The minimum atomic E-state index is 0.0111. The second-order valence-electron chi connectivity index (χ2n) is 4.98. The van der Waals surface area contributed by atoms with Crippen molar-refractivity contribution in [2.75, 3.05) is 19.7 Å². The third-order valence-electron chi connectivity index (χ3n) is 3.69. The number of nitrogens with zero attached hydrogens (tertiary/aromatic N) is 1. The van der Waals surface area contributed by atoms with Crippen molar-refractivity contribution < 1.29 is 9.47 Å². The zero-order valence-electron chi connectivity index (χ0n) is 10.2. The average molecular weight is 269 g/mol. The van der Waals surface area contributed by atoms with E-state index in [0.717, 1.165) is 32.4 Å². The van der Waals surface area contributed by atoms with Crippen molar-refractivity contribution in [3.05, 3.63) is 23.4 Å². The molecule has 3 heterocycles. The van der Waals surface area contributed by atoms with Gasteiger partial charge in [0, 0.05) is 12.6 Å². The van der Waals surface area contributed by atoms with Crippen molar-refractivity contribution in [1.82, 2.24) is 10.3 Å². The molecule has 3 rings (SSSR count). The lowest BCUT2D eigenvalue weighted by molar-refractivity contribution is -0.0205. The smallest absolute Gasteiger partial charge is 0.232 e. The third kappa shape index (κ3) is 2.46. The first kappa shape index (κ1) is 12.2. The second kappa shape index (κ2) is 5.03. The van der Waals surface area contributed by atoms with Gasteiger partial charge in [0.25, 0.3) is 0 Å². The maximum Gasteiger partial charge on any atom is 0.232 e. The fraction of sp³-hybridized carbons (Fsp3) is 0.615. The summed E-state index contributed by atoms with van der Waals surface area (Å²) in [5.41, 5.74) is 0.0111. The number of piperidine rings is 1. The van der Waals surface area contributed by atoms with Crippen LogP contribution < -0.4 is 10.1 Å². The van der Waals surface area contributed by atoms with Gasteiger partial charge in [-0.2, -0.15) is 0 Å². The van der Waals surface area contributed by atoms with E-state index in [4.69, 9.17) is 21.1 Å². The molecule has 18 heavy (non-hydrogen) atoms. The van der Waals surface area contributed by atoms with Crippen molar-refractivity contribution in [2.24, 2.45) is 0 Å². The van der Waals surface area contributed by atoms with Crippen LogP contribution in [-0.4, -0.2) is 36.4 Å². The number of aromatic nitrogens is 1. The highest BCUT2D eigenvalue weighted by molar-refractivity contribution is 6.31. The Kier molecular flexibility index (Phi) is 3.41. The van der Waals surface area contributed by atoms with Crippen LogP contribution in [0, 0.1) is 0 Å². The van der Waals surface area contributed by atoms with Crippen LogP contribution in [0.3, 0.4) is 0 Å². The van der Waals surface area contributed by atoms with Crippen LogP contribution in [-0.2, 0) is 4.74 Å². The number of halogens is 1. The Morgan fingerprint density at radius 1 is 1.44 bits per heavy atom. The van der Waals surface area contributed by atoms with Gasteiger partial charge in [-0.3, -0.25) is 0 Å². The number of pyridine rings is 1. The number of hydrogen-bond acceptors (Lipinski definition) is 4. The summed E-state index contributed by atoms with van der Waals surface area (Å²) in [5.74, 6) is 0.513. The van der Waals surface area contributed by atoms with Crippen molar-refractivity contribution in [3.63, 3.8) is 0 Å². The van der Waals surface area contributed by atoms with E-state index in [1.807, 2.05) is 0 Å².